The number of methoxy groups -OCH3 is 1. The topological polar surface area (TPSA) is 29.5 Å². The first-order valence-corrected chi connectivity index (χ1v) is 7.04. The third kappa shape index (κ3) is 2.39. The lowest BCUT2D eigenvalue weighted by Gasteiger charge is -2.33. The van der Waals surface area contributed by atoms with Crippen molar-refractivity contribution in [3.05, 3.63) is 84.0 Å². The zero-order valence-corrected chi connectivity index (χ0v) is 12.0. The maximum atomic E-state index is 11.3. The van der Waals surface area contributed by atoms with Gasteiger partial charge in [-0.1, -0.05) is 66.8 Å². The molecule has 1 atom stereocenters. The van der Waals surface area contributed by atoms with Crippen LogP contribution in [-0.2, 0) is 5.60 Å². The van der Waals surface area contributed by atoms with E-state index in [-0.39, 0.29) is 0 Å². The standard InChI is InChI=1S/C19H18O2/c1-21-18-13-6-5-11-16(18)17-12-7-8-14-19(17,20)15-9-3-2-4-10-15/h2-13,20H,14H2,1H3. The van der Waals surface area contributed by atoms with Gasteiger partial charge in [0, 0.05) is 12.0 Å². The molecule has 2 nitrogen and oxygen atoms in total. The zero-order chi connectivity index (χ0) is 14.7. The molecule has 0 saturated carbocycles. The first-order chi connectivity index (χ1) is 10.3. The normalized spacial score (nSPS) is 21.0. The highest BCUT2D eigenvalue weighted by atomic mass is 16.5. The van der Waals surface area contributed by atoms with Crippen LogP contribution in [0.25, 0.3) is 5.57 Å². The molecular weight excluding hydrogens is 260 g/mol. The van der Waals surface area contributed by atoms with E-state index in [1.165, 1.54) is 0 Å². The molecule has 1 aliphatic carbocycles. The Labute approximate surface area is 125 Å². The Morgan fingerprint density at radius 3 is 2.48 bits per heavy atom. The Kier molecular flexibility index (Phi) is 3.63. The summed E-state index contributed by atoms with van der Waals surface area (Å²) < 4.78 is 5.45. The SMILES string of the molecule is COc1ccccc1C1=CC=CCC1(O)c1ccccc1. The van der Waals surface area contributed by atoms with Gasteiger partial charge in [0.1, 0.15) is 11.4 Å². The predicted octanol–water partition coefficient (Wildman–Crippen LogP) is 3.93. The summed E-state index contributed by atoms with van der Waals surface area (Å²) >= 11 is 0. The van der Waals surface area contributed by atoms with Gasteiger partial charge >= 0.3 is 0 Å². The van der Waals surface area contributed by atoms with E-state index < -0.39 is 5.60 Å². The molecule has 1 aliphatic rings. The molecule has 0 saturated heterocycles. The molecular formula is C19H18O2. The van der Waals surface area contributed by atoms with Gasteiger partial charge in [-0.05, 0) is 17.2 Å². The van der Waals surface area contributed by atoms with Crippen LogP contribution in [-0.4, -0.2) is 12.2 Å². The van der Waals surface area contributed by atoms with Gasteiger partial charge < -0.3 is 9.84 Å². The lowest BCUT2D eigenvalue weighted by atomic mass is 9.77. The van der Waals surface area contributed by atoms with Crippen molar-refractivity contribution in [1.29, 1.82) is 0 Å². The second kappa shape index (κ2) is 5.58. The van der Waals surface area contributed by atoms with Crippen molar-refractivity contribution in [2.45, 2.75) is 12.0 Å². The molecule has 0 heterocycles. The van der Waals surface area contributed by atoms with Gasteiger partial charge in [0.25, 0.3) is 0 Å². The van der Waals surface area contributed by atoms with Crippen LogP contribution in [0.5, 0.6) is 5.75 Å². The fourth-order valence-electron chi connectivity index (χ4n) is 2.82. The average Bonchev–Trinajstić information content (AvgIpc) is 2.56. The van der Waals surface area contributed by atoms with E-state index in [4.69, 9.17) is 4.74 Å². The Bertz CT molecular complexity index is 686. The van der Waals surface area contributed by atoms with Crippen LogP contribution in [0.15, 0.2) is 72.8 Å². The molecule has 0 aromatic heterocycles. The third-order valence-corrected chi connectivity index (χ3v) is 3.91. The summed E-state index contributed by atoms with van der Waals surface area (Å²) in [5, 5.41) is 11.3. The summed E-state index contributed by atoms with van der Waals surface area (Å²) in [5.74, 6) is 0.772. The summed E-state index contributed by atoms with van der Waals surface area (Å²) in [6.07, 6.45) is 6.50. The maximum Gasteiger partial charge on any atom is 0.126 e. The maximum absolute atomic E-state index is 11.3. The van der Waals surface area contributed by atoms with Crippen LogP contribution >= 0.6 is 0 Å². The molecule has 3 rings (SSSR count). The van der Waals surface area contributed by atoms with Gasteiger partial charge in [0.2, 0.25) is 0 Å². The number of hydrogen-bond donors (Lipinski definition) is 1. The second-order valence-corrected chi connectivity index (χ2v) is 5.14. The molecule has 0 fully saturated rings. The van der Waals surface area contributed by atoms with Gasteiger partial charge in [-0.15, -0.1) is 0 Å². The smallest absolute Gasteiger partial charge is 0.126 e. The Morgan fingerprint density at radius 1 is 1.00 bits per heavy atom. The summed E-state index contributed by atoms with van der Waals surface area (Å²) in [5.41, 5.74) is 1.67. The first-order valence-electron chi connectivity index (χ1n) is 7.04. The van der Waals surface area contributed by atoms with Gasteiger partial charge in [0.15, 0.2) is 0 Å². The minimum absolute atomic E-state index is 0.556. The molecule has 1 N–H and O–H groups in total. The number of aliphatic hydroxyl groups is 1. The molecule has 2 heteroatoms. The van der Waals surface area contributed by atoms with E-state index >= 15 is 0 Å². The van der Waals surface area contributed by atoms with Crippen LogP contribution in [0.4, 0.5) is 0 Å². The number of ether oxygens (including phenoxy) is 1. The van der Waals surface area contributed by atoms with Crippen molar-refractivity contribution in [2.24, 2.45) is 0 Å². The van der Waals surface area contributed by atoms with E-state index in [1.54, 1.807) is 7.11 Å². The molecule has 0 spiro atoms. The van der Waals surface area contributed by atoms with Gasteiger partial charge in [-0.3, -0.25) is 0 Å². The van der Waals surface area contributed by atoms with E-state index in [9.17, 15) is 5.11 Å². The van der Waals surface area contributed by atoms with Gasteiger partial charge in [-0.2, -0.15) is 0 Å². The lowest BCUT2D eigenvalue weighted by molar-refractivity contribution is 0.103. The van der Waals surface area contributed by atoms with Crippen molar-refractivity contribution in [1.82, 2.24) is 0 Å². The van der Waals surface area contributed by atoms with Crippen molar-refractivity contribution in [3.8, 4) is 5.75 Å². The highest BCUT2D eigenvalue weighted by Gasteiger charge is 2.35. The molecule has 106 valence electrons. The monoisotopic (exact) mass is 278 g/mol. The highest BCUT2D eigenvalue weighted by molar-refractivity contribution is 5.79. The van der Waals surface area contributed by atoms with E-state index in [0.29, 0.717) is 6.42 Å². The van der Waals surface area contributed by atoms with Gasteiger partial charge in [-0.25, -0.2) is 0 Å². The van der Waals surface area contributed by atoms with Gasteiger partial charge in [0.05, 0.1) is 7.11 Å². The molecule has 21 heavy (non-hydrogen) atoms. The predicted molar refractivity (Wildman–Crippen MR) is 85.1 cm³/mol. The molecule has 0 radical (unpaired) electrons. The Morgan fingerprint density at radius 2 is 1.71 bits per heavy atom. The van der Waals surface area contributed by atoms with Crippen LogP contribution in [0.2, 0.25) is 0 Å². The van der Waals surface area contributed by atoms with Crippen LogP contribution in [0, 0.1) is 0 Å². The second-order valence-electron chi connectivity index (χ2n) is 5.14. The molecule has 2 aromatic rings. The molecule has 1 unspecified atom stereocenters. The quantitative estimate of drug-likeness (QED) is 0.922. The Balaban J connectivity index is 2.15. The summed E-state index contributed by atoms with van der Waals surface area (Å²) in [7, 11) is 1.65. The minimum Gasteiger partial charge on any atom is -0.496 e. The number of rotatable bonds is 3. The molecule has 2 aromatic carbocycles. The van der Waals surface area contributed by atoms with Crippen LogP contribution in [0.1, 0.15) is 17.5 Å². The van der Waals surface area contributed by atoms with E-state index in [2.05, 4.69) is 0 Å². The summed E-state index contributed by atoms with van der Waals surface area (Å²) in [4.78, 5) is 0. The van der Waals surface area contributed by atoms with E-state index in [1.807, 2.05) is 72.8 Å². The highest BCUT2D eigenvalue weighted by Crippen LogP contribution is 2.44. The number of allylic oxidation sites excluding steroid dienone is 2. The lowest BCUT2D eigenvalue weighted by Crippen LogP contribution is -2.28. The summed E-state index contributed by atoms with van der Waals surface area (Å²) in [6.45, 7) is 0. The largest absolute Gasteiger partial charge is 0.496 e. The van der Waals surface area contributed by atoms with Crippen LogP contribution < -0.4 is 4.74 Å². The van der Waals surface area contributed by atoms with Crippen molar-refractivity contribution < 1.29 is 9.84 Å². The van der Waals surface area contributed by atoms with Crippen LogP contribution in [0.3, 0.4) is 0 Å². The van der Waals surface area contributed by atoms with E-state index in [0.717, 1.165) is 22.4 Å². The number of benzene rings is 2. The van der Waals surface area contributed by atoms with Crippen molar-refractivity contribution in [2.75, 3.05) is 7.11 Å². The Hall–Kier alpha value is -2.32. The third-order valence-electron chi connectivity index (χ3n) is 3.91. The van der Waals surface area contributed by atoms with Crippen molar-refractivity contribution >= 4 is 5.57 Å². The average molecular weight is 278 g/mol. The molecule has 0 aliphatic heterocycles. The fraction of sp³-hybridized carbons (Fsp3) is 0.158. The number of para-hydroxylation sites is 1. The molecule has 0 bridgehead atoms. The molecule has 0 amide bonds. The summed E-state index contributed by atoms with van der Waals surface area (Å²) in [6, 6.07) is 17.6. The zero-order valence-electron chi connectivity index (χ0n) is 12.0. The first kappa shape index (κ1) is 13.7. The minimum atomic E-state index is -1.02. The fourth-order valence-corrected chi connectivity index (χ4v) is 2.82. The number of hydrogen-bond acceptors (Lipinski definition) is 2. The van der Waals surface area contributed by atoms with Crippen molar-refractivity contribution in [3.63, 3.8) is 0 Å².